The lowest BCUT2D eigenvalue weighted by Gasteiger charge is -2.52. The number of carbonyl (C=O) groups is 2. The van der Waals surface area contributed by atoms with Crippen LogP contribution in [0.2, 0.25) is 0 Å². The van der Waals surface area contributed by atoms with Gasteiger partial charge >= 0.3 is 5.97 Å². The molecule has 2 bridgehead atoms. The van der Waals surface area contributed by atoms with E-state index >= 15 is 0 Å². The number of carbonyl (C=O) groups excluding carboxylic acids is 2. The molecule has 1 atom stereocenters. The summed E-state index contributed by atoms with van der Waals surface area (Å²) < 4.78 is 7.11. The van der Waals surface area contributed by atoms with Crippen LogP contribution in [0.25, 0.3) is 0 Å². The second kappa shape index (κ2) is 10.7. The summed E-state index contributed by atoms with van der Waals surface area (Å²) in [6.07, 6.45) is 17.3. The van der Waals surface area contributed by atoms with E-state index in [-0.39, 0.29) is 35.0 Å². The van der Waals surface area contributed by atoms with Crippen molar-refractivity contribution in [2.24, 2.45) is 11.3 Å². The lowest BCUT2D eigenvalue weighted by Crippen LogP contribution is -3.00. The van der Waals surface area contributed by atoms with E-state index in [0.29, 0.717) is 22.8 Å². The summed E-state index contributed by atoms with van der Waals surface area (Å²) in [5, 5.41) is 2.94. The van der Waals surface area contributed by atoms with Crippen molar-refractivity contribution in [2.45, 2.75) is 63.9 Å². The Kier molecular flexibility index (Phi) is 7.93. The van der Waals surface area contributed by atoms with Gasteiger partial charge in [0.15, 0.2) is 12.6 Å². The van der Waals surface area contributed by atoms with Crippen LogP contribution in [0.15, 0.2) is 48.2 Å². The Morgan fingerprint density at radius 3 is 2.53 bits per heavy atom. The number of esters is 1. The molecule has 6 rings (SSSR count). The zero-order valence-electron chi connectivity index (χ0n) is 19.9. The fourth-order valence-corrected chi connectivity index (χ4v) is 6.54. The van der Waals surface area contributed by atoms with E-state index in [9.17, 15) is 9.59 Å². The first-order valence-electron chi connectivity index (χ1n) is 12.7. The second-order valence-corrected chi connectivity index (χ2v) is 10.5. The maximum Gasteiger partial charge on any atom is 0.316 e. The number of allylic oxidation sites excluding steroid dienone is 3. The lowest BCUT2D eigenvalue weighted by molar-refractivity contribution is -0.939. The van der Waals surface area contributed by atoms with Crippen LogP contribution in [-0.4, -0.2) is 53.6 Å². The summed E-state index contributed by atoms with van der Waals surface area (Å²) in [4.78, 5) is 30.8. The van der Waals surface area contributed by atoms with Crippen LogP contribution in [0.1, 0.15) is 57.8 Å². The molecular weight excluding hydrogens is 494 g/mol. The van der Waals surface area contributed by atoms with Crippen LogP contribution in [0.4, 0.5) is 5.82 Å². The third-order valence-electron chi connectivity index (χ3n) is 8.45. The van der Waals surface area contributed by atoms with Gasteiger partial charge in [-0.3, -0.25) is 9.59 Å². The summed E-state index contributed by atoms with van der Waals surface area (Å²) in [6, 6.07) is 5.52. The molecule has 7 heteroatoms. The van der Waals surface area contributed by atoms with Gasteiger partial charge in [0, 0.05) is 25.0 Å². The van der Waals surface area contributed by atoms with E-state index in [1.165, 1.54) is 18.4 Å². The van der Waals surface area contributed by atoms with Gasteiger partial charge in [0.05, 0.1) is 18.5 Å². The molecule has 4 heterocycles. The highest BCUT2D eigenvalue weighted by atomic mass is 79.9. The van der Waals surface area contributed by atoms with Crippen LogP contribution in [-0.2, 0) is 14.3 Å². The topological polar surface area (TPSA) is 68.3 Å². The summed E-state index contributed by atoms with van der Waals surface area (Å²) in [7, 11) is 0. The first kappa shape index (κ1) is 25.1. The number of hydrogen-bond donors (Lipinski definition) is 1. The zero-order valence-corrected chi connectivity index (χ0v) is 21.5. The lowest BCUT2D eigenvalue weighted by atomic mass is 9.73. The molecule has 1 N–H and O–H groups in total. The maximum atomic E-state index is 13.8. The van der Waals surface area contributed by atoms with Crippen molar-refractivity contribution >= 4 is 17.7 Å². The Balaban J connectivity index is 0.00000274. The predicted octanol–water partition coefficient (Wildman–Crippen LogP) is 1.40. The Morgan fingerprint density at radius 2 is 1.88 bits per heavy atom. The summed E-state index contributed by atoms with van der Waals surface area (Å²) in [5.41, 5.74) is 0.794. The van der Waals surface area contributed by atoms with Gasteiger partial charge in [0.2, 0.25) is 0 Å². The molecular formula is C27H36BrN3O3. The largest absolute Gasteiger partial charge is 1.00 e. The number of hydrogen-bond acceptors (Lipinski definition) is 4. The molecule has 5 aliphatic rings. The number of piperidine rings is 3. The SMILES string of the molecule is O=C(C[N+]12CCC(CC1)[C@@H](OC(=O)C1(C3=CC=CC3)CCCCCC1)C2)Nc1ccccn1.[Br-]. The van der Waals surface area contributed by atoms with E-state index in [0.717, 1.165) is 64.6 Å². The fourth-order valence-electron chi connectivity index (χ4n) is 6.54. The molecule has 0 spiro atoms. The van der Waals surface area contributed by atoms with Crippen LogP contribution in [0.3, 0.4) is 0 Å². The third-order valence-corrected chi connectivity index (χ3v) is 8.45. The van der Waals surface area contributed by atoms with Crippen molar-refractivity contribution in [3.05, 3.63) is 48.2 Å². The van der Waals surface area contributed by atoms with Crippen LogP contribution >= 0.6 is 0 Å². The number of nitrogens with one attached hydrogen (secondary N) is 1. The van der Waals surface area contributed by atoms with Gasteiger partial charge in [-0.25, -0.2) is 4.98 Å². The molecule has 6 nitrogen and oxygen atoms in total. The molecule has 0 aromatic carbocycles. The quantitative estimate of drug-likeness (QED) is 0.343. The van der Waals surface area contributed by atoms with Crippen molar-refractivity contribution in [1.29, 1.82) is 0 Å². The predicted molar refractivity (Wildman–Crippen MR) is 127 cm³/mol. The molecule has 1 saturated carbocycles. The van der Waals surface area contributed by atoms with Crippen molar-refractivity contribution in [1.82, 2.24) is 4.98 Å². The molecule has 2 aliphatic carbocycles. The van der Waals surface area contributed by atoms with Crippen LogP contribution in [0.5, 0.6) is 0 Å². The summed E-state index contributed by atoms with van der Waals surface area (Å²) in [6.45, 7) is 3.13. The monoisotopic (exact) mass is 529 g/mol. The minimum absolute atomic E-state index is 0. The summed E-state index contributed by atoms with van der Waals surface area (Å²) >= 11 is 0. The normalized spacial score (nSPS) is 29.5. The minimum Gasteiger partial charge on any atom is -1.00 e. The van der Waals surface area contributed by atoms with Crippen molar-refractivity contribution in [2.75, 3.05) is 31.5 Å². The smallest absolute Gasteiger partial charge is 0.316 e. The van der Waals surface area contributed by atoms with E-state index in [1.54, 1.807) is 6.20 Å². The van der Waals surface area contributed by atoms with Gasteiger partial charge in [0.25, 0.3) is 5.91 Å². The number of fused-ring (bicyclic) bond motifs is 3. The Labute approximate surface area is 213 Å². The van der Waals surface area contributed by atoms with E-state index in [2.05, 4.69) is 28.5 Å². The number of pyridine rings is 1. The molecule has 3 saturated heterocycles. The number of amides is 1. The highest BCUT2D eigenvalue weighted by Crippen LogP contribution is 2.46. The van der Waals surface area contributed by atoms with Crippen LogP contribution in [0, 0.1) is 11.3 Å². The third kappa shape index (κ3) is 5.15. The van der Waals surface area contributed by atoms with Crippen molar-refractivity contribution < 1.29 is 35.8 Å². The Morgan fingerprint density at radius 1 is 1.12 bits per heavy atom. The molecule has 1 amide bonds. The number of rotatable bonds is 6. The average Bonchev–Trinajstić information content (AvgIpc) is 3.25. The minimum atomic E-state index is -0.451. The van der Waals surface area contributed by atoms with Gasteiger partial charge in [0.1, 0.15) is 12.4 Å². The van der Waals surface area contributed by atoms with Crippen molar-refractivity contribution in [3.8, 4) is 0 Å². The van der Waals surface area contributed by atoms with Gasteiger partial charge in [-0.1, -0.05) is 50.0 Å². The number of halogens is 1. The number of aromatic nitrogens is 1. The maximum absolute atomic E-state index is 13.8. The Bertz CT molecular complexity index is 930. The number of quaternary nitrogens is 1. The van der Waals surface area contributed by atoms with E-state index in [1.807, 2.05) is 18.2 Å². The molecule has 34 heavy (non-hydrogen) atoms. The van der Waals surface area contributed by atoms with Crippen molar-refractivity contribution in [3.63, 3.8) is 0 Å². The average molecular weight is 531 g/mol. The molecule has 3 aliphatic heterocycles. The molecule has 0 radical (unpaired) electrons. The number of nitrogens with zero attached hydrogens (tertiary/aromatic N) is 2. The van der Waals surface area contributed by atoms with Gasteiger partial charge in [-0.05, 0) is 37.0 Å². The highest BCUT2D eigenvalue weighted by Gasteiger charge is 2.51. The summed E-state index contributed by atoms with van der Waals surface area (Å²) in [5.74, 6) is 0.992. The van der Waals surface area contributed by atoms with Gasteiger partial charge < -0.3 is 31.5 Å². The molecule has 1 aromatic heterocycles. The highest BCUT2D eigenvalue weighted by molar-refractivity contribution is 5.90. The molecule has 4 fully saturated rings. The first-order chi connectivity index (χ1) is 16.1. The molecule has 0 unspecified atom stereocenters. The molecule has 184 valence electrons. The standard InChI is InChI=1S/C27H35N3O3.BrH/c31-25(29-24-11-5-8-16-28-24)20-30-17-12-21(13-18-30)23(19-30)33-26(32)27(22-9-3-4-10-22)14-6-1-2-7-15-27;/h3-5,8-9,11,16,21,23H,1-2,6-7,10,12-15,17-20H2;1H/t21?,23-,30?;/m0./s1. The fraction of sp³-hybridized carbons (Fsp3) is 0.593. The number of ether oxygens (including phenoxy) is 1. The Hall–Kier alpha value is -1.99. The van der Waals surface area contributed by atoms with E-state index in [4.69, 9.17) is 4.74 Å². The number of anilines is 1. The first-order valence-corrected chi connectivity index (χ1v) is 12.7. The van der Waals surface area contributed by atoms with E-state index < -0.39 is 5.41 Å². The van der Waals surface area contributed by atoms with Gasteiger partial charge in [-0.15, -0.1) is 0 Å². The second-order valence-electron chi connectivity index (χ2n) is 10.5. The van der Waals surface area contributed by atoms with Gasteiger partial charge in [-0.2, -0.15) is 0 Å². The van der Waals surface area contributed by atoms with Crippen LogP contribution < -0.4 is 22.3 Å². The molecule has 1 aromatic rings. The zero-order chi connectivity index (χ0) is 22.7.